The second kappa shape index (κ2) is 32.8. The Kier molecular flexibility index (Phi) is 24.8. The molecule has 30 heteroatoms. The zero-order valence-corrected chi connectivity index (χ0v) is 62.6. The standard InChI is InChI=1S/C28H28N8O3.C24H22N8O2.C11H14O4S.C4H8O2.2CH3.2W/c1-17(2)35-16-31-33-27(35)21-4-3-5-26(32-21)36-15-30-22-9-25(39-13-18-11-38-12-18)24(8-20(22)28(36)37)34-10-23(29-14-34)19-6-7-19;1-14(2)31-13-27-29-23(31)17-4-3-5-22(28-17)32-12-26-18-9-21(33)20(8-16(18)24(32)34)30-10-19(25-11-30)15-6-7-15;1-9-2-4-11(5-3-9)16(12,13)15-8-10-6-14-7-10;5-1-4-2-6-3-4;;;;/h3-5,8-10,14-19H,6-7,11-13H2,1-2H3;3-5,8-15,33H,6-7H2,1-2H3;2-5,10H,6-8H2,1H3;4-5H,1-3H2;2*1H3;;/q;;;;2*-1;;. The van der Waals surface area contributed by atoms with Gasteiger partial charge in [-0.25, -0.2) is 29.9 Å². The van der Waals surface area contributed by atoms with E-state index in [0.717, 1.165) is 61.5 Å². The predicted octanol–water partition coefficient (Wildman–Crippen LogP) is 8.96. The van der Waals surface area contributed by atoms with Gasteiger partial charge >= 0.3 is 0 Å². The molecule has 0 amide bonds. The number of aromatic hydroxyl groups is 1. The van der Waals surface area contributed by atoms with Crippen molar-refractivity contribution in [2.75, 3.05) is 59.5 Å². The molecule has 0 bridgehead atoms. The van der Waals surface area contributed by atoms with Crippen LogP contribution in [0.2, 0.25) is 0 Å². The van der Waals surface area contributed by atoms with Crippen LogP contribution < -0.4 is 15.9 Å². The zero-order valence-electron chi connectivity index (χ0n) is 55.9. The van der Waals surface area contributed by atoms with E-state index >= 15 is 0 Å². The maximum atomic E-state index is 13.8. The van der Waals surface area contributed by atoms with Crippen LogP contribution in [-0.4, -0.2) is 156 Å². The van der Waals surface area contributed by atoms with Gasteiger partial charge < -0.3 is 62.3 Å². The quantitative estimate of drug-likeness (QED) is 0.0598. The first-order valence-electron chi connectivity index (χ1n) is 31.6. The second-order valence-corrected chi connectivity index (χ2v) is 26.4. The average molecular weight is 1710 g/mol. The van der Waals surface area contributed by atoms with E-state index in [0.29, 0.717) is 131 Å². The summed E-state index contributed by atoms with van der Waals surface area (Å²) in [5.74, 6) is 4.85. The van der Waals surface area contributed by atoms with Crippen LogP contribution in [0.3, 0.4) is 0 Å². The Morgan fingerprint density at radius 3 is 1.48 bits per heavy atom. The third kappa shape index (κ3) is 17.1. The number of pyridine rings is 2. The smallest absolute Gasteiger partial charge is 0.296 e. The number of rotatable bonds is 18. The van der Waals surface area contributed by atoms with Crippen molar-refractivity contribution in [1.82, 2.24) is 77.7 Å². The summed E-state index contributed by atoms with van der Waals surface area (Å²) in [5.41, 5.74) is 5.99. The molecule has 0 spiro atoms. The molecule has 3 saturated heterocycles. The number of aryl methyl sites for hydroxylation is 1. The Balaban J connectivity index is 0.000000173. The molecule has 27 nitrogen and oxygen atoms in total. The molecule has 5 aliphatic rings. The molecule has 2 saturated carbocycles. The number of aromatic nitrogens is 16. The van der Waals surface area contributed by atoms with Gasteiger partial charge in [-0.3, -0.25) is 22.9 Å². The molecule has 16 rings (SSSR count). The van der Waals surface area contributed by atoms with Gasteiger partial charge in [0.25, 0.3) is 21.2 Å². The van der Waals surface area contributed by atoms with E-state index in [2.05, 4.69) is 59.2 Å². The van der Waals surface area contributed by atoms with Gasteiger partial charge in [0, 0.05) is 108 Å². The minimum atomic E-state index is -3.60. The molecule has 11 heterocycles. The van der Waals surface area contributed by atoms with Crippen LogP contribution in [0.1, 0.15) is 94.2 Å². The third-order valence-corrected chi connectivity index (χ3v) is 18.0. The number of nitrogens with zero attached hydrogens (tertiary/aromatic N) is 16. The van der Waals surface area contributed by atoms with Crippen molar-refractivity contribution in [2.45, 2.75) is 89.1 Å². The molecule has 0 atom stereocenters. The van der Waals surface area contributed by atoms with Gasteiger partial charge in [0.05, 0.1) is 122 Å². The summed E-state index contributed by atoms with van der Waals surface area (Å²) in [6, 6.07) is 24.7. The summed E-state index contributed by atoms with van der Waals surface area (Å²) in [7, 11) is -3.60. The SMILES string of the molecule is CC(C)n1cnnc1-c1cccc(-n2cnc3cc(O)c(-n4cnc(C5CC5)c4)cc3c2=O)n1.CC(C)n1cnnc1-c1cccc(-n2cnc3cc(OCC4COC4)c(-n4cnc(C5CC5)c4)cc3c2=O)n1.Cc1ccc(S(=O)(=O)OCC2COC2)cc1.OCC1COC1.[CH3-].[CH3-].[W].[W]. The Labute approximate surface area is 601 Å². The first-order chi connectivity index (χ1) is 46.0. The van der Waals surface area contributed by atoms with Crippen molar-refractivity contribution in [1.29, 1.82) is 0 Å². The molecule has 8 aromatic heterocycles. The van der Waals surface area contributed by atoms with Gasteiger partial charge in [-0.2, -0.15) is 8.42 Å². The van der Waals surface area contributed by atoms with E-state index in [9.17, 15) is 23.1 Å². The van der Waals surface area contributed by atoms with Gasteiger partial charge in [-0.1, -0.05) is 29.8 Å². The number of aliphatic hydroxyl groups excluding tert-OH is 1. The van der Waals surface area contributed by atoms with E-state index < -0.39 is 10.1 Å². The fourth-order valence-electron chi connectivity index (χ4n) is 10.5. The molecule has 2 N–H and O–H groups in total. The summed E-state index contributed by atoms with van der Waals surface area (Å²) >= 11 is 0. The van der Waals surface area contributed by atoms with Crippen molar-refractivity contribution in [3.8, 4) is 57.5 Å². The van der Waals surface area contributed by atoms with E-state index in [1.54, 1.807) is 72.3 Å². The predicted molar refractivity (Wildman–Crippen MR) is 362 cm³/mol. The Hall–Kier alpha value is -8.33. The van der Waals surface area contributed by atoms with Gasteiger partial charge in [0.15, 0.2) is 11.6 Å². The fraction of sp³-hybridized carbons (Fsp3) is 0.362. The van der Waals surface area contributed by atoms with E-state index in [4.69, 9.17) is 33.2 Å². The van der Waals surface area contributed by atoms with Crippen molar-refractivity contribution in [2.24, 2.45) is 17.8 Å². The Bertz CT molecular complexity index is 4780. The van der Waals surface area contributed by atoms with Crippen molar-refractivity contribution >= 4 is 31.9 Å². The van der Waals surface area contributed by atoms with Gasteiger partial charge in [-0.05, 0) is 109 Å². The summed E-state index contributed by atoms with van der Waals surface area (Å²) in [6.07, 6.45) is 18.3. The molecule has 520 valence electrons. The number of hydrogen-bond acceptors (Lipinski definition) is 21. The minimum absolute atomic E-state index is 0. The van der Waals surface area contributed by atoms with Crippen molar-refractivity contribution < 1.29 is 83.9 Å². The number of benzene rings is 3. The second-order valence-electron chi connectivity index (χ2n) is 24.8. The van der Waals surface area contributed by atoms with Crippen LogP contribution in [0.5, 0.6) is 11.5 Å². The number of imidazole rings is 2. The Morgan fingerprint density at radius 2 is 1.04 bits per heavy atom. The van der Waals surface area contributed by atoms with E-state index in [1.165, 1.54) is 27.9 Å². The number of phenolic OH excluding ortho intramolecular Hbond substituents is 1. The van der Waals surface area contributed by atoms with Crippen molar-refractivity contribution in [3.63, 3.8) is 0 Å². The van der Waals surface area contributed by atoms with Gasteiger partial charge in [0.2, 0.25) is 0 Å². The minimum Gasteiger partial charge on any atom is -0.506 e. The fourth-order valence-corrected chi connectivity index (χ4v) is 11.5. The molecule has 3 aromatic carbocycles. The van der Waals surface area contributed by atoms with E-state index in [1.807, 2.05) is 83.3 Å². The van der Waals surface area contributed by atoms with E-state index in [-0.39, 0.29) is 103 Å². The molecule has 5 fully saturated rings. The molecular formula is C69H78N16O11SW2-2. The summed E-state index contributed by atoms with van der Waals surface area (Å²) in [5, 5.41) is 36.2. The maximum absolute atomic E-state index is 13.8. The molecule has 2 aliphatic carbocycles. The number of phenols is 1. The largest absolute Gasteiger partial charge is 0.506 e. The van der Waals surface area contributed by atoms with Crippen LogP contribution in [-0.2, 0) is 70.6 Å². The normalized spacial score (nSPS) is 15.1. The van der Waals surface area contributed by atoms with Crippen LogP contribution >= 0.6 is 0 Å². The number of ether oxygens (including phenoxy) is 4. The molecule has 0 unspecified atom stereocenters. The van der Waals surface area contributed by atoms with Crippen LogP contribution in [0.25, 0.3) is 67.9 Å². The van der Waals surface area contributed by atoms with Crippen LogP contribution in [0.4, 0.5) is 0 Å². The maximum Gasteiger partial charge on any atom is 0.296 e. The molecule has 99 heavy (non-hydrogen) atoms. The molecule has 3 aliphatic heterocycles. The van der Waals surface area contributed by atoms with Crippen LogP contribution in [0, 0.1) is 39.5 Å². The topological polar surface area (TPSA) is 313 Å². The monoisotopic (exact) mass is 1710 g/mol. The first-order valence-corrected chi connectivity index (χ1v) is 33.0. The molecule has 11 aromatic rings. The third-order valence-electron chi connectivity index (χ3n) is 16.7. The number of hydrogen-bond donors (Lipinski definition) is 2. The molecule has 0 radical (unpaired) electrons. The van der Waals surface area contributed by atoms with Crippen molar-refractivity contribution in [3.05, 3.63) is 188 Å². The number of aliphatic hydroxyl groups is 1. The summed E-state index contributed by atoms with van der Waals surface area (Å²) in [4.78, 5) is 54.9. The average Bonchev–Trinajstić information content (AvgIpc) is 0.952. The summed E-state index contributed by atoms with van der Waals surface area (Å²) in [6.45, 7) is 15.2. The first kappa shape index (κ1) is 74.9. The zero-order chi connectivity index (χ0) is 65.9. The van der Waals surface area contributed by atoms with Crippen LogP contribution in [0.15, 0.2) is 150 Å². The van der Waals surface area contributed by atoms with Gasteiger partial charge in [-0.15, -0.1) is 20.4 Å². The Morgan fingerprint density at radius 1 is 0.576 bits per heavy atom. The van der Waals surface area contributed by atoms with Gasteiger partial charge in [0.1, 0.15) is 59.8 Å². The molecular weight excluding hydrogens is 1630 g/mol. The number of fused-ring (bicyclic) bond motifs is 2. The summed E-state index contributed by atoms with van der Waals surface area (Å²) < 4.78 is 60.0.